The van der Waals surface area contributed by atoms with Crippen molar-refractivity contribution >= 4 is 5.97 Å². The van der Waals surface area contributed by atoms with Crippen LogP contribution in [0.15, 0.2) is 48.5 Å². The fraction of sp³-hybridized carbons (Fsp3) is 0.133. The second kappa shape index (κ2) is 6.00. The molecule has 4 heteroatoms. The summed E-state index contributed by atoms with van der Waals surface area (Å²) in [5.41, 5.74) is 0.780. The van der Waals surface area contributed by atoms with Crippen molar-refractivity contribution in [3.63, 3.8) is 0 Å². The van der Waals surface area contributed by atoms with Gasteiger partial charge in [-0.1, -0.05) is 24.3 Å². The SMILES string of the molecule is COc1ccc(CC(=O)Oc2ccccc2F)cc1. The summed E-state index contributed by atoms with van der Waals surface area (Å²) >= 11 is 0. The quantitative estimate of drug-likeness (QED) is 0.626. The smallest absolute Gasteiger partial charge is 0.315 e. The molecule has 98 valence electrons. The molecule has 0 aromatic heterocycles. The van der Waals surface area contributed by atoms with Crippen molar-refractivity contribution in [2.24, 2.45) is 0 Å². The van der Waals surface area contributed by atoms with Gasteiger partial charge in [0.2, 0.25) is 0 Å². The Morgan fingerprint density at radius 2 is 1.79 bits per heavy atom. The molecule has 0 fully saturated rings. The van der Waals surface area contributed by atoms with Crippen LogP contribution in [0.2, 0.25) is 0 Å². The van der Waals surface area contributed by atoms with Crippen LogP contribution in [-0.2, 0) is 11.2 Å². The number of methoxy groups -OCH3 is 1. The lowest BCUT2D eigenvalue weighted by Gasteiger charge is -2.06. The molecular weight excluding hydrogens is 247 g/mol. The number of hydrogen-bond acceptors (Lipinski definition) is 3. The summed E-state index contributed by atoms with van der Waals surface area (Å²) in [5.74, 6) is -0.395. The van der Waals surface area contributed by atoms with Crippen LogP contribution in [0, 0.1) is 5.82 Å². The lowest BCUT2D eigenvalue weighted by Crippen LogP contribution is -2.12. The lowest BCUT2D eigenvalue weighted by atomic mass is 10.1. The third-order valence-electron chi connectivity index (χ3n) is 2.57. The first-order valence-corrected chi connectivity index (χ1v) is 5.77. The van der Waals surface area contributed by atoms with Crippen LogP contribution in [0.4, 0.5) is 4.39 Å². The van der Waals surface area contributed by atoms with Gasteiger partial charge in [-0.2, -0.15) is 0 Å². The van der Waals surface area contributed by atoms with E-state index in [-0.39, 0.29) is 12.2 Å². The predicted molar refractivity (Wildman–Crippen MR) is 68.7 cm³/mol. The zero-order valence-electron chi connectivity index (χ0n) is 10.4. The van der Waals surface area contributed by atoms with Gasteiger partial charge in [-0.05, 0) is 29.8 Å². The maximum atomic E-state index is 13.3. The molecule has 0 N–H and O–H groups in total. The number of halogens is 1. The van der Waals surface area contributed by atoms with Crippen LogP contribution in [0.5, 0.6) is 11.5 Å². The molecule has 2 aromatic rings. The summed E-state index contributed by atoms with van der Waals surface area (Å²) in [7, 11) is 1.57. The maximum absolute atomic E-state index is 13.3. The molecule has 0 atom stereocenters. The molecule has 0 radical (unpaired) electrons. The second-order valence-electron chi connectivity index (χ2n) is 3.93. The van der Waals surface area contributed by atoms with Gasteiger partial charge in [0.15, 0.2) is 11.6 Å². The zero-order valence-corrected chi connectivity index (χ0v) is 10.4. The Morgan fingerprint density at radius 1 is 1.11 bits per heavy atom. The van der Waals surface area contributed by atoms with Crippen molar-refractivity contribution in [1.29, 1.82) is 0 Å². The Labute approximate surface area is 110 Å². The molecule has 0 saturated heterocycles. The molecule has 0 aliphatic rings. The molecule has 2 aromatic carbocycles. The number of benzene rings is 2. The molecule has 0 aliphatic carbocycles. The van der Waals surface area contributed by atoms with Crippen LogP contribution in [0.25, 0.3) is 0 Å². The molecule has 0 spiro atoms. The van der Waals surface area contributed by atoms with E-state index in [0.717, 1.165) is 5.56 Å². The number of esters is 1. The number of carbonyl (C=O) groups is 1. The normalized spacial score (nSPS) is 10.0. The minimum Gasteiger partial charge on any atom is -0.497 e. The van der Waals surface area contributed by atoms with Crippen LogP contribution in [-0.4, -0.2) is 13.1 Å². The van der Waals surface area contributed by atoms with Gasteiger partial charge in [-0.15, -0.1) is 0 Å². The van der Waals surface area contributed by atoms with E-state index in [2.05, 4.69) is 0 Å². The largest absolute Gasteiger partial charge is 0.497 e. The highest BCUT2D eigenvalue weighted by Crippen LogP contribution is 2.17. The molecule has 0 bridgehead atoms. The summed E-state index contributed by atoms with van der Waals surface area (Å²) in [5, 5.41) is 0. The zero-order chi connectivity index (χ0) is 13.7. The molecule has 0 heterocycles. The predicted octanol–water partition coefficient (Wildman–Crippen LogP) is 2.98. The van der Waals surface area contributed by atoms with Crippen molar-refractivity contribution in [2.45, 2.75) is 6.42 Å². The van der Waals surface area contributed by atoms with Crippen LogP contribution >= 0.6 is 0 Å². The average Bonchev–Trinajstić information content (AvgIpc) is 2.42. The topological polar surface area (TPSA) is 35.5 Å². The number of carbonyl (C=O) groups excluding carboxylic acids is 1. The fourth-order valence-electron chi connectivity index (χ4n) is 1.60. The van der Waals surface area contributed by atoms with Gasteiger partial charge in [0.05, 0.1) is 13.5 Å². The third kappa shape index (κ3) is 3.55. The van der Waals surface area contributed by atoms with E-state index in [1.807, 2.05) is 0 Å². The molecular formula is C15H13FO3. The van der Waals surface area contributed by atoms with Gasteiger partial charge in [0.25, 0.3) is 0 Å². The number of ether oxygens (including phenoxy) is 2. The molecule has 0 amide bonds. The van der Waals surface area contributed by atoms with Crippen molar-refractivity contribution in [3.8, 4) is 11.5 Å². The molecule has 2 rings (SSSR count). The van der Waals surface area contributed by atoms with E-state index in [4.69, 9.17) is 9.47 Å². The monoisotopic (exact) mass is 260 g/mol. The standard InChI is InChI=1S/C15H13FO3/c1-18-12-8-6-11(7-9-12)10-15(17)19-14-5-3-2-4-13(14)16/h2-9H,10H2,1H3. The minimum absolute atomic E-state index is 0.0546. The Hall–Kier alpha value is -2.36. The van der Waals surface area contributed by atoms with E-state index in [0.29, 0.717) is 5.75 Å². The fourth-order valence-corrected chi connectivity index (χ4v) is 1.60. The summed E-state index contributed by atoms with van der Waals surface area (Å²) in [6.45, 7) is 0. The average molecular weight is 260 g/mol. The molecule has 0 saturated carbocycles. The van der Waals surface area contributed by atoms with Gasteiger partial charge >= 0.3 is 5.97 Å². The van der Waals surface area contributed by atoms with Gasteiger partial charge in [0, 0.05) is 0 Å². The van der Waals surface area contributed by atoms with Crippen LogP contribution in [0.1, 0.15) is 5.56 Å². The van der Waals surface area contributed by atoms with Crippen molar-refractivity contribution < 1.29 is 18.7 Å². The van der Waals surface area contributed by atoms with Crippen molar-refractivity contribution in [1.82, 2.24) is 0 Å². The van der Waals surface area contributed by atoms with Crippen LogP contribution < -0.4 is 9.47 Å². The van der Waals surface area contributed by atoms with Gasteiger partial charge in [0.1, 0.15) is 5.75 Å². The molecule has 0 aliphatic heterocycles. The highest BCUT2D eigenvalue weighted by molar-refractivity contribution is 5.75. The van der Waals surface area contributed by atoms with Crippen molar-refractivity contribution in [2.75, 3.05) is 7.11 Å². The summed E-state index contributed by atoms with van der Waals surface area (Å²) < 4.78 is 23.3. The minimum atomic E-state index is -0.550. The maximum Gasteiger partial charge on any atom is 0.315 e. The second-order valence-corrected chi connectivity index (χ2v) is 3.93. The van der Waals surface area contributed by atoms with E-state index >= 15 is 0 Å². The van der Waals surface area contributed by atoms with Gasteiger partial charge in [-0.25, -0.2) is 4.39 Å². The third-order valence-corrected chi connectivity index (χ3v) is 2.57. The van der Waals surface area contributed by atoms with E-state index < -0.39 is 11.8 Å². The van der Waals surface area contributed by atoms with Gasteiger partial charge in [-0.3, -0.25) is 4.79 Å². The number of hydrogen-bond donors (Lipinski definition) is 0. The summed E-state index contributed by atoms with van der Waals surface area (Å²) in [6.07, 6.45) is 0.0817. The van der Waals surface area contributed by atoms with E-state index in [9.17, 15) is 9.18 Å². The first kappa shape index (κ1) is 13.1. The highest BCUT2D eigenvalue weighted by Gasteiger charge is 2.09. The van der Waals surface area contributed by atoms with E-state index in [1.54, 1.807) is 37.4 Å². The van der Waals surface area contributed by atoms with E-state index in [1.165, 1.54) is 18.2 Å². The number of rotatable bonds is 4. The highest BCUT2D eigenvalue weighted by atomic mass is 19.1. The van der Waals surface area contributed by atoms with Crippen LogP contribution in [0.3, 0.4) is 0 Å². The Balaban J connectivity index is 1.99. The first-order valence-electron chi connectivity index (χ1n) is 5.77. The van der Waals surface area contributed by atoms with Crippen molar-refractivity contribution in [3.05, 3.63) is 59.9 Å². The Kier molecular flexibility index (Phi) is 4.13. The first-order chi connectivity index (χ1) is 9.19. The van der Waals surface area contributed by atoms with Gasteiger partial charge < -0.3 is 9.47 Å². The Bertz CT molecular complexity index is 564. The summed E-state index contributed by atoms with van der Waals surface area (Å²) in [4.78, 5) is 11.7. The Morgan fingerprint density at radius 3 is 2.42 bits per heavy atom. The molecule has 19 heavy (non-hydrogen) atoms. The lowest BCUT2D eigenvalue weighted by molar-refractivity contribution is -0.133. The molecule has 0 unspecified atom stereocenters. The molecule has 3 nitrogen and oxygen atoms in total. The summed E-state index contributed by atoms with van der Waals surface area (Å²) in [6, 6.07) is 12.9. The number of para-hydroxylation sites is 1.